The highest BCUT2D eigenvalue weighted by atomic mass is 14.3. The summed E-state index contributed by atoms with van der Waals surface area (Å²) in [5.74, 6) is 0.753. The third-order valence-corrected chi connectivity index (χ3v) is 3.34. The van der Waals surface area contributed by atoms with Crippen LogP contribution in [0.2, 0.25) is 0 Å². The van der Waals surface area contributed by atoms with E-state index in [1.54, 1.807) is 5.56 Å². The Labute approximate surface area is 90.6 Å². The van der Waals surface area contributed by atoms with E-state index < -0.39 is 0 Å². The van der Waals surface area contributed by atoms with Gasteiger partial charge in [-0.15, -0.1) is 0 Å². The Morgan fingerprint density at radius 1 is 0.933 bits per heavy atom. The van der Waals surface area contributed by atoms with Gasteiger partial charge in [0.1, 0.15) is 0 Å². The van der Waals surface area contributed by atoms with E-state index in [-0.39, 0.29) is 0 Å². The lowest BCUT2D eigenvalue weighted by molar-refractivity contribution is 0.669. The molecule has 1 aliphatic carbocycles. The maximum absolute atomic E-state index is 2.30. The predicted octanol–water partition coefficient (Wildman–Crippen LogP) is 4.01. The van der Waals surface area contributed by atoms with Crippen LogP contribution in [0, 0.1) is 0 Å². The van der Waals surface area contributed by atoms with Crippen molar-refractivity contribution < 1.29 is 0 Å². The summed E-state index contributed by atoms with van der Waals surface area (Å²) < 4.78 is 0. The third-order valence-electron chi connectivity index (χ3n) is 3.34. The van der Waals surface area contributed by atoms with Crippen molar-refractivity contribution in [3.8, 4) is 11.1 Å². The number of hydrogen-bond acceptors (Lipinski definition) is 0. The number of benzene rings is 2. The topological polar surface area (TPSA) is 0 Å². The van der Waals surface area contributed by atoms with Crippen LogP contribution in [0.15, 0.2) is 48.5 Å². The van der Waals surface area contributed by atoms with Crippen LogP contribution in [0.5, 0.6) is 0 Å². The maximum atomic E-state index is 2.30. The second kappa shape index (κ2) is 3.23. The van der Waals surface area contributed by atoms with E-state index in [2.05, 4.69) is 55.5 Å². The summed E-state index contributed by atoms with van der Waals surface area (Å²) in [6.45, 7) is 2.30. The summed E-state index contributed by atoms with van der Waals surface area (Å²) in [5.41, 5.74) is 5.86. The standard InChI is InChI=1S/C15H14/c1-11-10-15-13(11)8-5-9-14(15)12-6-3-2-4-7-12/h2-9,11H,10H2,1H3. The van der Waals surface area contributed by atoms with Gasteiger partial charge in [0.15, 0.2) is 0 Å². The van der Waals surface area contributed by atoms with Crippen molar-refractivity contribution in [1.29, 1.82) is 0 Å². The molecule has 0 fully saturated rings. The summed E-state index contributed by atoms with van der Waals surface area (Å²) in [7, 11) is 0. The third kappa shape index (κ3) is 1.29. The Morgan fingerprint density at radius 3 is 2.47 bits per heavy atom. The van der Waals surface area contributed by atoms with Crippen LogP contribution < -0.4 is 0 Å². The first-order valence-electron chi connectivity index (χ1n) is 5.53. The molecule has 0 saturated heterocycles. The molecule has 15 heavy (non-hydrogen) atoms. The molecular formula is C15H14. The number of fused-ring (bicyclic) bond motifs is 1. The fourth-order valence-corrected chi connectivity index (χ4v) is 2.47. The quantitative estimate of drug-likeness (QED) is 0.643. The van der Waals surface area contributed by atoms with E-state index in [1.165, 1.54) is 23.1 Å². The minimum Gasteiger partial charge on any atom is -0.0622 e. The molecule has 0 spiro atoms. The smallest absolute Gasteiger partial charge is 0.0147 e. The molecule has 1 atom stereocenters. The summed E-state index contributed by atoms with van der Waals surface area (Å²) in [5, 5.41) is 0. The van der Waals surface area contributed by atoms with Crippen LogP contribution >= 0.6 is 0 Å². The molecule has 0 aliphatic heterocycles. The Hall–Kier alpha value is -1.56. The van der Waals surface area contributed by atoms with Gasteiger partial charge in [-0.1, -0.05) is 55.5 Å². The second-order valence-corrected chi connectivity index (χ2v) is 4.34. The molecule has 3 rings (SSSR count). The molecule has 1 aliphatic rings. The molecule has 0 nitrogen and oxygen atoms in total. The van der Waals surface area contributed by atoms with Crippen LogP contribution in [0.25, 0.3) is 11.1 Å². The van der Waals surface area contributed by atoms with Crippen LogP contribution in [0.1, 0.15) is 24.0 Å². The molecule has 0 saturated carbocycles. The van der Waals surface area contributed by atoms with Gasteiger partial charge < -0.3 is 0 Å². The average molecular weight is 194 g/mol. The van der Waals surface area contributed by atoms with Gasteiger partial charge in [-0.3, -0.25) is 0 Å². The highest BCUT2D eigenvalue weighted by Crippen LogP contribution is 2.40. The lowest BCUT2D eigenvalue weighted by Gasteiger charge is -2.29. The van der Waals surface area contributed by atoms with Crippen LogP contribution in [-0.2, 0) is 6.42 Å². The van der Waals surface area contributed by atoms with Gasteiger partial charge in [-0.2, -0.15) is 0 Å². The highest BCUT2D eigenvalue weighted by Gasteiger charge is 2.24. The number of hydrogen-bond donors (Lipinski definition) is 0. The maximum Gasteiger partial charge on any atom is -0.0147 e. The first-order valence-corrected chi connectivity index (χ1v) is 5.53. The Morgan fingerprint density at radius 2 is 1.73 bits per heavy atom. The lowest BCUT2D eigenvalue weighted by atomic mass is 9.75. The van der Waals surface area contributed by atoms with Crippen LogP contribution in [0.3, 0.4) is 0 Å². The van der Waals surface area contributed by atoms with E-state index in [0.717, 1.165) is 5.92 Å². The fraction of sp³-hybridized carbons (Fsp3) is 0.200. The molecule has 0 radical (unpaired) electrons. The van der Waals surface area contributed by atoms with Gasteiger partial charge in [0.2, 0.25) is 0 Å². The summed E-state index contributed by atoms with van der Waals surface area (Å²) in [6.07, 6.45) is 1.24. The molecule has 0 bridgehead atoms. The van der Waals surface area contributed by atoms with Crippen molar-refractivity contribution in [2.75, 3.05) is 0 Å². The molecule has 0 N–H and O–H groups in total. The predicted molar refractivity (Wildman–Crippen MR) is 64.0 cm³/mol. The van der Waals surface area contributed by atoms with Gasteiger partial charge in [-0.25, -0.2) is 0 Å². The summed E-state index contributed by atoms with van der Waals surface area (Å²) >= 11 is 0. The first-order chi connectivity index (χ1) is 7.36. The average Bonchev–Trinajstić information content (AvgIpc) is 2.29. The molecule has 2 aromatic carbocycles. The van der Waals surface area contributed by atoms with Crippen molar-refractivity contribution in [2.24, 2.45) is 0 Å². The highest BCUT2D eigenvalue weighted by molar-refractivity contribution is 5.71. The molecule has 1 unspecified atom stereocenters. The number of rotatable bonds is 1. The minimum atomic E-state index is 0.753. The van der Waals surface area contributed by atoms with Gasteiger partial charge in [-0.05, 0) is 34.6 Å². The molecule has 0 heteroatoms. The van der Waals surface area contributed by atoms with Gasteiger partial charge >= 0.3 is 0 Å². The first kappa shape index (κ1) is 8.72. The van der Waals surface area contributed by atoms with Crippen LogP contribution in [0.4, 0.5) is 0 Å². The molecule has 0 aromatic heterocycles. The lowest BCUT2D eigenvalue weighted by Crippen LogP contribution is -2.14. The van der Waals surface area contributed by atoms with Crippen molar-refractivity contribution in [3.05, 3.63) is 59.7 Å². The Balaban J connectivity index is 2.15. The monoisotopic (exact) mass is 194 g/mol. The second-order valence-electron chi connectivity index (χ2n) is 4.34. The Bertz CT molecular complexity index is 483. The van der Waals surface area contributed by atoms with E-state index in [4.69, 9.17) is 0 Å². The molecule has 0 amide bonds. The normalized spacial score (nSPS) is 18.1. The van der Waals surface area contributed by atoms with E-state index >= 15 is 0 Å². The fourth-order valence-electron chi connectivity index (χ4n) is 2.47. The van der Waals surface area contributed by atoms with Crippen molar-refractivity contribution in [1.82, 2.24) is 0 Å². The van der Waals surface area contributed by atoms with E-state index in [1.807, 2.05) is 0 Å². The van der Waals surface area contributed by atoms with Gasteiger partial charge in [0.25, 0.3) is 0 Å². The van der Waals surface area contributed by atoms with Gasteiger partial charge in [0.05, 0.1) is 0 Å². The molecule has 74 valence electrons. The SMILES string of the molecule is CC1Cc2c(-c3ccccc3)cccc21. The zero-order valence-electron chi connectivity index (χ0n) is 8.90. The van der Waals surface area contributed by atoms with Crippen molar-refractivity contribution >= 4 is 0 Å². The van der Waals surface area contributed by atoms with E-state index in [0.29, 0.717) is 0 Å². The van der Waals surface area contributed by atoms with Crippen molar-refractivity contribution in [2.45, 2.75) is 19.3 Å². The minimum absolute atomic E-state index is 0.753. The van der Waals surface area contributed by atoms with Gasteiger partial charge in [0, 0.05) is 0 Å². The largest absolute Gasteiger partial charge is 0.0622 e. The Kier molecular flexibility index (Phi) is 1.88. The zero-order valence-corrected chi connectivity index (χ0v) is 8.90. The zero-order chi connectivity index (χ0) is 10.3. The van der Waals surface area contributed by atoms with Crippen LogP contribution in [-0.4, -0.2) is 0 Å². The summed E-state index contributed by atoms with van der Waals surface area (Å²) in [6, 6.07) is 17.3. The molecule has 2 aromatic rings. The molecule has 0 heterocycles. The summed E-state index contributed by atoms with van der Waals surface area (Å²) in [4.78, 5) is 0. The molecular weight excluding hydrogens is 180 g/mol. The van der Waals surface area contributed by atoms with Crippen molar-refractivity contribution in [3.63, 3.8) is 0 Å². The van der Waals surface area contributed by atoms with E-state index in [9.17, 15) is 0 Å².